The zero-order chi connectivity index (χ0) is 19.1. The van der Waals surface area contributed by atoms with E-state index in [1.54, 1.807) is 6.20 Å². The third kappa shape index (κ3) is 3.48. The van der Waals surface area contributed by atoms with E-state index in [1.165, 1.54) is 0 Å². The van der Waals surface area contributed by atoms with Crippen LogP contribution in [-0.2, 0) is 14.3 Å². The van der Waals surface area contributed by atoms with Crippen molar-refractivity contribution in [2.75, 3.05) is 0 Å². The quantitative estimate of drug-likeness (QED) is 0.773. The highest BCUT2D eigenvalue weighted by molar-refractivity contribution is 6.09. The maximum atomic E-state index is 13.0. The lowest BCUT2D eigenvalue weighted by atomic mass is 9.67. The zero-order valence-corrected chi connectivity index (χ0v) is 16.1. The molecule has 0 aromatic carbocycles. The largest absolute Gasteiger partial charge is 0.462 e. The molecule has 1 aromatic rings. The van der Waals surface area contributed by atoms with Crippen LogP contribution in [0, 0.1) is 11.3 Å². The van der Waals surface area contributed by atoms with Gasteiger partial charge in [-0.05, 0) is 44.7 Å². The molecular formula is C21H26N2O3. The highest BCUT2D eigenvalue weighted by Gasteiger charge is 2.46. The van der Waals surface area contributed by atoms with Crippen LogP contribution in [0.5, 0.6) is 0 Å². The molecule has 1 aliphatic carbocycles. The van der Waals surface area contributed by atoms with Gasteiger partial charge < -0.3 is 4.74 Å². The third-order valence-corrected chi connectivity index (χ3v) is 4.91. The van der Waals surface area contributed by atoms with Crippen molar-refractivity contribution in [3.63, 3.8) is 0 Å². The normalized spacial score (nSPS) is 25.0. The van der Waals surface area contributed by atoms with E-state index in [0.717, 1.165) is 12.1 Å². The van der Waals surface area contributed by atoms with Gasteiger partial charge in [0.05, 0.1) is 12.0 Å². The van der Waals surface area contributed by atoms with Crippen LogP contribution in [0.4, 0.5) is 0 Å². The molecule has 2 atom stereocenters. The zero-order valence-electron chi connectivity index (χ0n) is 16.1. The number of carbonyl (C=O) groups excluding carboxylic acids is 2. The van der Waals surface area contributed by atoms with Gasteiger partial charge in [0.2, 0.25) is 0 Å². The Bertz CT molecular complexity index is 791. The van der Waals surface area contributed by atoms with Crippen LogP contribution in [0.25, 0.3) is 0 Å². The van der Waals surface area contributed by atoms with Gasteiger partial charge in [0.25, 0.3) is 0 Å². The Balaban J connectivity index is 2.14. The predicted octanol–water partition coefficient (Wildman–Crippen LogP) is 3.85. The summed E-state index contributed by atoms with van der Waals surface area (Å²) in [5, 5.41) is 0. The van der Waals surface area contributed by atoms with Crippen molar-refractivity contribution < 1.29 is 14.3 Å². The van der Waals surface area contributed by atoms with Crippen LogP contribution in [0.15, 0.2) is 40.7 Å². The molecule has 0 fully saturated rings. The van der Waals surface area contributed by atoms with E-state index in [1.807, 2.05) is 39.0 Å². The molecule has 138 valence electrons. The summed E-state index contributed by atoms with van der Waals surface area (Å²) in [6.07, 6.45) is 2.64. The molecule has 0 spiro atoms. The number of aliphatic imine (C=N–C) groups is 1. The van der Waals surface area contributed by atoms with Gasteiger partial charge >= 0.3 is 5.97 Å². The number of ether oxygens (including phenoxy) is 1. The van der Waals surface area contributed by atoms with Crippen LogP contribution in [-0.4, -0.2) is 28.6 Å². The van der Waals surface area contributed by atoms with Crippen LogP contribution in [0.1, 0.15) is 59.1 Å². The monoisotopic (exact) mass is 354 g/mol. The number of hydrogen-bond acceptors (Lipinski definition) is 5. The molecule has 0 bridgehead atoms. The summed E-state index contributed by atoms with van der Waals surface area (Å²) >= 11 is 0. The minimum Gasteiger partial charge on any atom is -0.462 e. The Kier molecular flexibility index (Phi) is 4.82. The molecule has 0 N–H and O–H groups in total. The van der Waals surface area contributed by atoms with E-state index in [4.69, 9.17) is 4.74 Å². The van der Waals surface area contributed by atoms with E-state index in [2.05, 4.69) is 23.8 Å². The molecule has 1 unspecified atom stereocenters. The van der Waals surface area contributed by atoms with E-state index in [0.29, 0.717) is 23.4 Å². The summed E-state index contributed by atoms with van der Waals surface area (Å²) in [5.74, 6) is -1.33. The number of allylic oxidation sites excluding steroid dienone is 2. The lowest BCUT2D eigenvalue weighted by Crippen LogP contribution is -2.40. The molecule has 1 aliphatic heterocycles. The molecule has 0 amide bonds. The van der Waals surface area contributed by atoms with Crippen molar-refractivity contribution in [2.24, 2.45) is 16.3 Å². The first-order chi connectivity index (χ1) is 12.2. The smallest absolute Gasteiger partial charge is 0.315 e. The van der Waals surface area contributed by atoms with Gasteiger partial charge in [-0.25, -0.2) is 0 Å². The summed E-state index contributed by atoms with van der Waals surface area (Å²) < 4.78 is 5.49. The molecule has 5 nitrogen and oxygen atoms in total. The highest BCUT2D eigenvalue weighted by atomic mass is 16.5. The van der Waals surface area contributed by atoms with Crippen LogP contribution < -0.4 is 0 Å². The second-order valence-corrected chi connectivity index (χ2v) is 8.25. The molecule has 3 rings (SSSR count). The minimum atomic E-state index is -0.615. The summed E-state index contributed by atoms with van der Waals surface area (Å²) in [4.78, 5) is 35.0. The molecule has 0 saturated heterocycles. The molecule has 0 radical (unpaired) electrons. The van der Waals surface area contributed by atoms with Crippen molar-refractivity contribution in [1.82, 2.24) is 4.98 Å². The van der Waals surface area contributed by atoms with Crippen LogP contribution >= 0.6 is 0 Å². The number of Topliss-reactive ketones (excluding diaryl/α,β-unsaturated/α-hetero) is 1. The first-order valence-corrected chi connectivity index (χ1v) is 9.12. The van der Waals surface area contributed by atoms with Gasteiger partial charge in [0, 0.05) is 35.3 Å². The summed E-state index contributed by atoms with van der Waals surface area (Å²) in [7, 11) is 0. The summed E-state index contributed by atoms with van der Waals surface area (Å²) in [6, 6.07) is 5.58. The number of carbonyl (C=O) groups is 2. The number of esters is 1. The van der Waals surface area contributed by atoms with Gasteiger partial charge in [-0.2, -0.15) is 0 Å². The molecule has 26 heavy (non-hydrogen) atoms. The maximum absolute atomic E-state index is 13.0. The number of ketones is 1. The maximum Gasteiger partial charge on any atom is 0.315 e. The first kappa shape index (κ1) is 18.5. The van der Waals surface area contributed by atoms with Crippen molar-refractivity contribution >= 4 is 17.5 Å². The average molecular weight is 354 g/mol. The van der Waals surface area contributed by atoms with E-state index >= 15 is 0 Å². The minimum absolute atomic E-state index is 0.0606. The van der Waals surface area contributed by atoms with Crippen molar-refractivity contribution in [1.29, 1.82) is 0 Å². The van der Waals surface area contributed by atoms with Crippen LogP contribution in [0.2, 0.25) is 0 Å². The fourth-order valence-electron chi connectivity index (χ4n) is 3.94. The molecule has 2 aliphatic rings. The average Bonchev–Trinajstić information content (AvgIpc) is 2.52. The van der Waals surface area contributed by atoms with Gasteiger partial charge in [-0.1, -0.05) is 19.9 Å². The first-order valence-electron chi connectivity index (χ1n) is 9.12. The lowest BCUT2D eigenvalue weighted by molar-refractivity contribution is -0.150. The predicted molar refractivity (Wildman–Crippen MR) is 99.9 cm³/mol. The number of nitrogens with zero attached hydrogens (tertiary/aromatic N) is 2. The van der Waals surface area contributed by atoms with E-state index in [9.17, 15) is 9.59 Å². The van der Waals surface area contributed by atoms with E-state index in [-0.39, 0.29) is 23.3 Å². The summed E-state index contributed by atoms with van der Waals surface area (Å²) in [5.41, 5.74) is 2.72. The number of pyridine rings is 1. The SMILES string of the molecule is CC1=NC2=C(C(=O)CC(C)(C)C2)[C@@H](c2ccccn2)C1C(=O)OC(C)C. The summed E-state index contributed by atoms with van der Waals surface area (Å²) in [6.45, 7) is 9.64. The lowest BCUT2D eigenvalue weighted by Gasteiger charge is -2.38. The fraction of sp³-hybridized carbons (Fsp3) is 0.524. The molecular weight excluding hydrogens is 328 g/mol. The molecule has 0 saturated carbocycles. The Morgan fingerprint density at radius 3 is 2.62 bits per heavy atom. The fourth-order valence-corrected chi connectivity index (χ4v) is 3.94. The molecule has 5 heteroatoms. The van der Waals surface area contributed by atoms with Crippen LogP contribution in [0.3, 0.4) is 0 Å². The standard InChI is InChI=1S/C21H26N2O3/c1-12(2)26-20(25)17-13(3)23-15-10-21(4,5)11-16(24)18(15)19(17)14-8-6-7-9-22-14/h6-9,12,17,19H,10-11H2,1-5H3/t17?,19-/m0/s1. The Hall–Kier alpha value is -2.30. The van der Waals surface area contributed by atoms with Gasteiger partial charge in [-0.15, -0.1) is 0 Å². The molecule has 2 heterocycles. The number of aromatic nitrogens is 1. The topological polar surface area (TPSA) is 68.6 Å². The van der Waals surface area contributed by atoms with Crippen molar-refractivity contribution in [3.8, 4) is 0 Å². The molecule has 1 aromatic heterocycles. The second kappa shape index (κ2) is 6.78. The highest BCUT2D eigenvalue weighted by Crippen LogP contribution is 2.47. The van der Waals surface area contributed by atoms with Crippen molar-refractivity contribution in [2.45, 2.75) is 59.5 Å². The Labute approximate surface area is 154 Å². The second-order valence-electron chi connectivity index (χ2n) is 8.25. The van der Waals surface area contributed by atoms with E-state index < -0.39 is 11.8 Å². The number of hydrogen-bond donors (Lipinski definition) is 0. The Morgan fingerprint density at radius 2 is 2.00 bits per heavy atom. The van der Waals surface area contributed by atoms with Gasteiger partial charge in [0.15, 0.2) is 5.78 Å². The third-order valence-electron chi connectivity index (χ3n) is 4.91. The Morgan fingerprint density at radius 1 is 1.27 bits per heavy atom. The van der Waals surface area contributed by atoms with Gasteiger partial charge in [0.1, 0.15) is 5.92 Å². The van der Waals surface area contributed by atoms with Crippen molar-refractivity contribution in [3.05, 3.63) is 41.4 Å². The van der Waals surface area contributed by atoms with Gasteiger partial charge in [-0.3, -0.25) is 19.6 Å². The number of rotatable bonds is 3.